The monoisotopic (exact) mass is 323 g/mol. The molecule has 0 aromatic heterocycles. The Morgan fingerprint density at radius 3 is 2.79 bits per heavy atom. The number of fused-ring (bicyclic) bond motifs is 7. The zero-order valence-electron chi connectivity index (χ0n) is 15.2. The van der Waals surface area contributed by atoms with Crippen molar-refractivity contribution in [2.45, 2.75) is 59.3 Å². The van der Waals surface area contributed by atoms with E-state index in [9.17, 15) is 10.1 Å². The molecule has 128 valence electrons. The highest BCUT2D eigenvalue weighted by Crippen LogP contribution is 2.76. The van der Waals surface area contributed by atoms with E-state index in [0.29, 0.717) is 23.5 Å². The Morgan fingerprint density at radius 2 is 2.04 bits per heavy atom. The number of ketones is 1. The van der Waals surface area contributed by atoms with Gasteiger partial charge < -0.3 is 0 Å². The Bertz CT molecular complexity index is 687. The number of nitrogens with zero attached hydrogens (tertiary/aromatic N) is 1. The average Bonchev–Trinajstić information content (AvgIpc) is 3.25. The molecule has 5 rings (SSSR count). The van der Waals surface area contributed by atoms with Gasteiger partial charge in [-0.1, -0.05) is 26.3 Å². The lowest BCUT2D eigenvalue weighted by Gasteiger charge is -2.60. The fraction of sp³-hybridized carbons (Fsp3) is 0.818. The molecule has 0 bridgehead atoms. The highest BCUT2D eigenvalue weighted by molar-refractivity contribution is 5.91. The van der Waals surface area contributed by atoms with Crippen LogP contribution in [0.15, 0.2) is 11.6 Å². The molecule has 0 heterocycles. The van der Waals surface area contributed by atoms with Crippen molar-refractivity contribution < 1.29 is 4.79 Å². The molecule has 0 N–H and O–H groups in total. The molecule has 4 fully saturated rings. The van der Waals surface area contributed by atoms with Crippen LogP contribution in [-0.2, 0) is 4.79 Å². The molecule has 5 aliphatic rings. The summed E-state index contributed by atoms with van der Waals surface area (Å²) >= 11 is 0. The van der Waals surface area contributed by atoms with E-state index in [-0.39, 0.29) is 10.8 Å². The fourth-order valence-electron chi connectivity index (χ4n) is 8.08. The topological polar surface area (TPSA) is 40.9 Å². The molecule has 0 aromatic carbocycles. The van der Waals surface area contributed by atoms with Gasteiger partial charge in [-0.15, -0.1) is 0 Å². The third kappa shape index (κ3) is 1.65. The summed E-state index contributed by atoms with van der Waals surface area (Å²) < 4.78 is 0. The van der Waals surface area contributed by atoms with Crippen molar-refractivity contribution in [3.63, 3.8) is 0 Å². The molecule has 9 atom stereocenters. The Kier molecular flexibility index (Phi) is 2.87. The SMILES string of the molecule is CC1CC2=CC(=O)CCC2(C)C2CCC3(C)C(C#N)C4CC4C3C12. The van der Waals surface area contributed by atoms with E-state index < -0.39 is 0 Å². The van der Waals surface area contributed by atoms with Gasteiger partial charge in [0.2, 0.25) is 0 Å². The first-order valence-corrected chi connectivity index (χ1v) is 10.0. The molecule has 0 aliphatic heterocycles. The van der Waals surface area contributed by atoms with Crippen molar-refractivity contribution in [3.8, 4) is 6.07 Å². The van der Waals surface area contributed by atoms with Crippen LogP contribution in [-0.4, -0.2) is 5.78 Å². The lowest BCUT2D eigenvalue weighted by molar-refractivity contribution is -0.119. The van der Waals surface area contributed by atoms with Gasteiger partial charge in [-0.3, -0.25) is 4.79 Å². The van der Waals surface area contributed by atoms with Crippen LogP contribution in [0.2, 0.25) is 0 Å². The van der Waals surface area contributed by atoms with Crippen LogP contribution in [0, 0.1) is 63.6 Å². The van der Waals surface area contributed by atoms with Crippen molar-refractivity contribution in [2.75, 3.05) is 0 Å². The van der Waals surface area contributed by atoms with E-state index >= 15 is 0 Å². The summed E-state index contributed by atoms with van der Waals surface area (Å²) in [6.07, 6.45) is 8.74. The predicted molar refractivity (Wildman–Crippen MR) is 92.7 cm³/mol. The molecule has 5 aliphatic carbocycles. The Balaban J connectivity index is 1.57. The minimum Gasteiger partial charge on any atom is -0.295 e. The van der Waals surface area contributed by atoms with Gasteiger partial charge in [0.05, 0.1) is 12.0 Å². The van der Waals surface area contributed by atoms with Crippen molar-refractivity contribution in [3.05, 3.63) is 11.6 Å². The smallest absolute Gasteiger partial charge is 0.155 e. The van der Waals surface area contributed by atoms with Crippen molar-refractivity contribution in [2.24, 2.45) is 52.3 Å². The Morgan fingerprint density at radius 1 is 1.25 bits per heavy atom. The van der Waals surface area contributed by atoms with E-state index in [1.54, 1.807) is 0 Å². The van der Waals surface area contributed by atoms with Crippen LogP contribution in [0.4, 0.5) is 0 Å². The maximum atomic E-state index is 12.0. The number of rotatable bonds is 0. The van der Waals surface area contributed by atoms with Gasteiger partial charge in [-0.2, -0.15) is 5.26 Å². The van der Waals surface area contributed by atoms with E-state index in [1.807, 2.05) is 6.08 Å². The molecule has 4 saturated carbocycles. The zero-order chi connectivity index (χ0) is 16.9. The molecular weight excluding hydrogens is 294 g/mol. The van der Waals surface area contributed by atoms with Gasteiger partial charge in [0.15, 0.2) is 5.78 Å². The number of carbonyl (C=O) groups excluding carboxylic acids is 1. The second-order valence-corrected chi connectivity index (χ2v) is 10.2. The summed E-state index contributed by atoms with van der Waals surface area (Å²) in [5, 5.41) is 9.80. The quantitative estimate of drug-likeness (QED) is 0.645. The van der Waals surface area contributed by atoms with Crippen LogP contribution in [0.25, 0.3) is 0 Å². The summed E-state index contributed by atoms with van der Waals surface area (Å²) in [6, 6.07) is 2.72. The molecular formula is C22H29NO. The third-order valence-electron chi connectivity index (χ3n) is 9.24. The second-order valence-electron chi connectivity index (χ2n) is 10.2. The second kappa shape index (κ2) is 4.54. The maximum Gasteiger partial charge on any atom is 0.155 e. The first kappa shape index (κ1) is 15.2. The van der Waals surface area contributed by atoms with Crippen molar-refractivity contribution in [1.29, 1.82) is 5.26 Å². The average molecular weight is 323 g/mol. The number of hydrogen-bond acceptors (Lipinski definition) is 2. The summed E-state index contributed by atoms with van der Waals surface area (Å²) in [4.78, 5) is 12.0. The van der Waals surface area contributed by atoms with E-state index in [0.717, 1.165) is 42.9 Å². The minimum atomic E-state index is 0.252. The fourth-order valence-corrected chi connectivity index (χ4v) is 8.08. The summed E-state index contributed by atoms with van der Waals surface area (Å²) in [5.74, 6) is 5.12. The largest absolute Gasteiger partial charge is 0.295 e. The molecule has 0 saturated heterocycles. The highest BCUT2D eigenvalue weighted by atomic mass is 16.1. The van der Waals surface area contributed by atoms with Crippen LogP contribution in [0.5, 0.6) is 0 Å². The van der Waals surface area contributed by atoms with E-state index in [2.05, 4.69) is 26.8 Å². The van der Waals surface area contributed by atoms with Gasteiger partial charge in [0.25, 0.3) is 0 Å². The normalized spacial score (nSPS) is 57.8. The van der Waals surface area contributed by atoms with Gasteiger partial charge in [-0.25, -0.2) is 0 Å². The number of hydrogen-bond donors (Lipinski definition) is 0. The lowest BCUT2D eigenvalue weighted by Crippen LogP contribution is -2.54. The minimum absolute atomic E-state index is 0.252. The van der Waals surface area contributed by atoms with E-state index in [1.165, 1.54) is 24.8 Å². The van der Waals surface area contributed by atoms with Crippen LogP contribution in [0.1, 0.15) is 59.3 Å². The van der Waals surface area contributed by atoms with Crippen molar-refractivity contribution >= 4 is 5.78 Å². The van der Waals surface area contributed by atoms with Gasteiger partial charge >= 0.3 is 0 Å². The van der Waals surface area contributed by atoms with Gasteiger partial charge in [0.1, 0.15) is 0 Å². The Hall–Kier alpha value is -1.10. The molecule has 0 radical (unpaired) electrons. The van der Waals surface area contributed by atoms with Crippen molar-refractivity contribution in [1.82, 2.24) is 0 Å². The predicted octanol–water partition coefficient (Wildman–Crippen LogP) is 4.76. The Labute approximate surface area is 145 Å². The molecule has 2 nitrogen and oxygen atoms in total. The zero-order valence-corrected chi connectivity index (χ0v) is 15.2. The molecule has 0 amide bonds. The first-order valence-electron chi connectivity index (χ1n) is 10.0. The molecule has 0 aromatic rings. The van der Waals surface area contributed by atoms with E-state index in [4.69, 9.17) is 0 Å². The molecule has 0 spiro atoms. The summed E-state index contributed by atoms with van der Waals surface area (Å²) in [5.41, 5.74) is 1.97. The standard InChI is InChI=1S/C22H29NO/c1-12-8-13-9-14(24)4-6-21(13,2)17-5-7-22(3)18(11-23)15-10-16(15)20(22)19(12)17/h9,12,15-20H,4-8,10H2,1-3H3. The number of carbonyl (C=O) groups is 1. The summed E-state index contributed by atoms with van der Waals surface area (Å²) in [6.45, 7) is 7.33. The first-order chi connectivity index (χ1) is 11.4. The maximum absolute atomic E-state index is 12.0. The van der Waals surface area contributed by atoms with Crippen LogP contribution in [0.3, 0.4) is 0 Å². The van der Waals surface area contributed by atoms with Crippen LogP contribution < -0.4 is 0 Å². The molecule has 9 unspecified atom stereocenters. The van der Waals surface area contributed by atoms with Gasteiger partial charge in [0, 0.05) is 6.42 Å². The van der Waals surface area contributed by atoms with Crippen LogP contribution >= 0.6 is 0 Å². The number of nitriles is 1. The molecule has 24 heavy (non-hydrogen) atoms. The summed E-state index contributed by atoms with van der Waals surface area (Å²) in [7, 11) is 0. The highest BCUT2D eigenvalue weighted by Gasteiger charge is 2.71. The molecule has 2 heteroatoms. The number of allylic oxidation sites excluding steroid dienone is 1. The van der Waals surface area contributed by atoms with Gasteiger partial charge in [-0.05, 0) is 84.5 Å². The lowest BCUT2D eigenvalue weighted by atomic mass is 9.44. The third-order valence-corrected chi connectivity index (χ3v) is 9.24.